The summed E-state index contributed by atoms with van der Waals surface area (Å²) in [4.78, 5) is 4.37. The molecule has 1 unspecified atom stereocenters. The first-order valence-corrected chi connectivity index (χ1v) is 4.53. The van der Waals surface area contributed by atoms with E-state index in [1.807, 2.05) is 0 Å². The van der Waals surface area contributed by atoms with Crippen molar-refractivity contribution in [2.24, 2.45) is 5.41 Å². The fourth-order valence-electron chi connectivity index (χ4n) is 1.58. The lowest BCUT2D eigenvalue weighted by molar-refractivity contribution is 0.178. The monoisotopic (exact) mass is 181 g/mol. The number of hydrogen-bond acceptors (Lipinski definition) is 3. The average Bonchev–Trinajstić information content (AvgIpc) is 2.52. The summed E-state index contributed by atoms with van der Waals surface area (Å²) in [7, 11) is 1.66. The highest BCUT2D eigenvalue weighted by atomic mass is 16.5. The SMILES string of the molecule is COCc1nc(C2CC2(C)C)n[nH]1. The van der Waals surface area contributed by atoms with E-state index in [1.54, 1.807) is 7.11 Å². The maximum Gasteiger partial charge on any atom is 0.154 e. The molecule has 2 rings (SSSR count). The van der Waals surface area contributed by atoms with E-state index in [9.17, 15) is 0 Å². The van der Waals surface area contributed by atoms with E-state index in [0.29, 0.717) is 17.9 Å². The van der Waals surface area contributed by atoms with Crippen LogP contribution in [0.1, 0.15) is 37.8 Å². The molecule has 1 atom stereocenters. The van der Waals surface area contributed by atoms with Crippen molar-refractivity contribution in [1.29, 1.82) is 0 Å². The summed E-state index contributed by atoms with van der Waals surface area (Å²) in [5, 5.41) is 7.06. The van der Waals surface area contributed by atoms with Crippen LogP contribution in [0.15, 0.2) is 0 Å². The van der Waals surface area contributed by atoms with Gasteiger partial charge in [-0.2, -0.15) is 5.10 Å². The standard InChI is InChI=1S/C9H15N3O/c1-9(2)4-6(9)8-10-7(5-13-3)11-12-8/h6H,4-5H2,1-3H3,(H,10,11,12). The second kappa shape index (κ2) is 2.80. The van der Waals surface area contributed by atoms with Gasteiger partial charge in [0.25, 0.3) is 0 Å². The van der Waals surface area contributed by atoms with Crippen LogP contribution in [-0.2, 0) is 11.3 Å². The number of rotatable bonds is 3. The van der Waals surface area contributed by atoms with Crippen LogP contribution in [0.4, 0.5) is 0 Å². The van der Waals surface area contributed by atoms with E-state index in [4.69, 9.17) is 4.74 Å². The molecule has 0 bridgehead atoms. The predicted molar refractivity (Wildman–Crippen MR) is 48.2 cm³/mol. The number of nitrogens with zero attached hydrogens (tertiary/aromatic N) is 2. The van der Waals surface area contributed by atoms with Gasteiger partial charge in [0, 0.05) is 13.0 Å². The van der Waals surface area contributed by atoms with E-state index in [1.165, 1.54) is 6.42 Å². The molecule has 1 aliphatic carbocycles. The summed E-state index contributed by atoms with van der Waals surface area (Å²) < 4.78 is 4.96. The number of ether oxygens (including phenoxy) is 1. The van der Waals surface area contributed by atoms with E-state index < -0.39 is 0 Å². The molecular formula is C9H15N3O. The van der Waals surface area contributed by atoms with Crippen molar-refractivity contribution in [1.82, 2.24) is 15.2 Å². The fourth-order valence-corrected chi connectivity index (χ4v) is 1.58. The Morgan fingerprint density at radius 1 is 1.62 bits per heavy atom. The average molecular weight is 181 g/mol. The highest BCUT2D eigenvalue weighted by molar-refractivity contribution is 5.14. The van der Waals surface area contributed by atoms with Crippen LogP contribution in [0.25, 0.3) is 0 Å². The first-order chi connectivity index (χ1) is 6.13. The van der Waals surface area contributed by atoms with Crippen molar-refractivity contribution in [3.05, 3.63) is 11.6 Å². The zero-order chi connectivity index (χ0) is 9.47. The lowest BCUT2D eigenvalue weighted by Crippen LogP contribution is -1.93. The smallest absolute Gasteiger partial charge is 0.154 e. The van der Waals surface area contributed by atoms with Gasteiger partial charge in [-0.3, -0.25) is 5.10 Å². The third-order valence-electron chi connectivity index (χ3n) is 2.66. The van der Waals surface area contributed by atoms with Gasteiger partial charge in [-0.25, -0.2) is 4.98 Å². The van der Waals surface area contributed by atoms with Gasteiger partial charge in [0.15, 0.2) is 11.6 Å². The molecule has 1 saturated carbocycles. The topological polar surface area (TPSA) is 50.8 Å². The van der Waals surface area contributed by atoms with Crippen molar-refractivity contribution in [3.8, 4) is 0 Å². The Bertz CT molecular complexity index is 306. The Kier molecular flexibility index (Phi) is 1.87. The number of aromatic amines is 1. The first-order valence-electron chi connectivity index (χ1n) is 4.53. The molecule has 1 aromatic heterocycles. The first kappa shape index (κ1) is 8.69. The molecule has 72 valence electrons. The third-order valence-corrected chi connectivity index (χ3v) is 2.66. The summed E-state index contributed by atoms with van der Waals surface area (Å²) in [5.74, 6) is 2.30. The molecule has 0 radical (unpaired) electrons. The number of nitrogens with one attached hydrogen (secondary N) is 1. The van der Waals surface area contributed by atoms with Crippen molar-refractivity contribution in [3.63, 3.8) is 0 Å². The van der Waals surface area contributed by atoms with Crippen LogP contribution in [0.2, 0.25) is 0 Å². The molecule has 0 saturated heterocycles. The summed E-state index contributed by atoms with van der Waals surface area (Å²) in [5.41, 5.74) is 0.395. The zero-order valence-corrected chi connectivity index (χ0v) is 8.29. The molecule has 1 aliphatic rings. The van der Waals surface area contributed by atoms with Crippen LogP contribution >= 0.6 is 0 Å². The Hall–Kier alpha value is -0.900. The van der Waals surface area contributed by atoms with Crippen molar-refractivity contribution >= 4 is 0 Å². The van der Waals surface area contributed by atoms with Crippen LogP contribution in [0, 0.1) is 5.41 Å². The Balaban J connectivity index is 2.07. The van der Waals surface area contributed by atoms with E-state index in [-0.39, 0.29) is 0 Å². The van der Waals surface area contributed by atoms with Crippen molar-refractivity contribution in [2.45, 2.75) is 32.8 Å². The second-order valence-electron chi connectivity index (χ2n) is 4.32. The minimum absolute atomic E-state index is 0.395. The zero-order valence-electron chi connectivity index (χ0n) is 8.29. The molecule has 4 nitrogen and oxygen atoms in total. The summed E-state index contributed by atoms with van der Waals surface area (Å²) in [6, 6.07) is 0. The van der Waals surface area contributed by atoms with E-state index >= 15 is 0 Å². The molecule has 1 aromatic rings. The van der Waals surface area contributed by atoms with Crippen LogP contribution < -0.4 is 0 Å². The maximum atomic E-state index is 4.96. The number of aromatic nitrogens is 3. The van der Waals surface area contributed by atoms with E-state index in [0.717, 1.165) is 11.6 Å². The molecular weight excluding hydrogens is 166 g/mol. The van der Waals surface area contributed by atoms with Gasteiger partial charge in [-0.15, -0.1) is 0 Å². The Morgan fingerprint density at radius 3 is 2.85 bits per heavy atom. The highest BCUT2D eigenvalue weighted by Crippen LogP contribution is 2.57. The van der Waals surface area contributed by atoms with Gasteiger partial charge in [0.2, 0.25) is 0 Å². The summed E-state index contributed by atoms with van der Waals surface area (Å²) >= 11 is 0. The van der Waals surface area contributed by atoms with E-state index in [2.05, 4.69) is 29.0 Å². The largest absolute Gasteiger partial charge is 0.377 e. The molecule has 1 fully saturated rings. The Morgan fingerprint density at radius 2 is 2.31 bits per heavy atom. The molecule has 0 amide bonds. The fraction of sp³-hybridized carbons (Fsp3) is 0.778. The molecule has 0 aliphatic heterocycles. The highest BCUT2D eigenvalue weighted by Gasteiger charge is 2.49. The molecule has 1 N–H and O–H groups in total. The van der Waals surface area contributed by atoms with Gasteiger partial charge in [0.1, 0.15) is 6.61 Å². The molecule has 0 spiro atoms. The van der Waals surface area contributed by atoms with Gasteiger partial charge < -0.3 is 4.74 Å². The maximum absolute atomic E-state index is 4.96. The lowest BCUT2D eigenvalue weighted by Gasteiger charge is -1.96. The van der Waals surface area contributed by atoms with Gasteiger partial charge in [-0.1, -0.05) is 13.8 Å². The molecule has 1 heterocycles. The molecule has 13 heavy (non-hydrogen) atoms. The summed E-state index contributed by atoms with van der Waals surface area (Å²) in [6.07, 6.45) is 1.19. The van der Waals surface area contributed by atoms with Gasteiger partial charge in [0.05, 0.1) is 0 Å². The number of H-pyrrole nitrogens is 1. The third kappa shape index (κ3) is 1.58. The van der Waals surface area contributed by atoms with Crippen molar-refractivity contribution in [2.75, 3.05) is 7.11 Å². The van der Waals surface area contributed by atoms with Crippen LogP contribution in [-0.4, -0.2) is 22.3 Å². The van der Waals surface area contributed by atoms with Crippen LogP contribution in [0.3, 0.4) is 0 Å². The van der Waals surface area contributed by atoms with Gasteiger partial charge in [-0.05, 0) is 11.8 Å². The predicted octanol–water partition coefficient (Wildman–Crippen LogP) is 1.46. The Labute approximate surface area is 77.7 Å². The number of hydrogen-bond donors (Lipinski definition) is 1. The summed E-state index contributed by atoms with van der Waals surface area (Å²) in [6.45, 7) is 4.99. The van der Waals surface area contributed by atoms with Gasteiger partial charge >= 0.3 is 0 Å². The minimum atomic E-state index is 0.395. The van der Waals surface area contributed by atoms with Crippen LogP contribution in [0.5, 0.6) is 0 Å². The second-order valence-corrected chi connectivity index (χ2v) is 4.32. The number of methoxy groups -OCH3 is 1. The normalized spacial score (nSPS) is 24.7. The van der Waals surface area contributed by atoms with Crippen molar-refractivity contribution < 1.29 is 4.74 Å². The molecule has 0 aromatic carbocycles. The lowest BCUT2D eigenvalue weighted by atomic mass is 10.1. The quantitative estimate of drug-likeness (QED) is 0.768. The minimum Gasteiger partial charge on any atom is -0.377 e. The molecule has 4 heteroatoms.